The van der Waals surface area contributed by atoms with Gasteiger partial charge in [-0.1, -0.05) is 0 Å². The van der Waals surface area contributed by atoms with Gasteiger partial charge < -0.3 is 5.32 Å². The molecule has 0 fully saturated rings. The number of benzene rings is 1. The van der Waals surface area contributed by atoms with Crippen molar-refractivity contribution in [2.24, 2.45) is 0 Å². The Bertz CT molecular complexity index is 583. The summed E-state index contributed by atoms with van der Waals surface area (Å²) >= 11 is 1.47. The van der Waals surface area contributed by atoms with E-state index in [-0.39, 0.29) is 12.1 Å². The molecule has 0 radical (unpaired) electrons. The molecule has 0 saturated heterocycles. The highest BCUT2D eigenvalue weighted by Gasteiger charge is 2.12. The standard InChI is InChI=1S/C12H10F2N2OS/c1-7-16-9(6-18-7)5-15-12(17)10-3-2-8(13)4-11(10)14/h2-4,6H,5H2,1H3,(H,15,17). The van der Waals surface area contributed by atoms with Crippen molar-refractivity contribution in [2.45, 2.75) is 13.5 Å². The van der Waals surface area contributed by atoms with Crippen LogP contribution in [0.5, 0.6) is 0 Å². The Hall–Kier alpha value is -1.82. The molecule has 0 aliphatic rings. The van der Waals surface area contributed by atoms with Gasteiger partial charge in [-0.15, -0.1) is 11.3 Å². The topological polar surface area (TPSA) is 42.0 Å². The van der Waals surface area contributed by atoms with E-state index in [4.69, 9.17) is 0 Å². The lowest BCUT2D eigenvalue weighted by Gasteiger charge is -2.04. The van der Waals surface area contributed by atoms with Crippen LogP contribution >= 0.6 is 11.3 Å². The van der Waals surface area contributed by atoms with E-state index in [1.165, 1.54) is 11.3 Å². The number of hydrogen-bond donors (Lipinski definition) is 1. The van der Waals surface area contributed by atoms with Crippen molar-refractivity contribution in [2.75, 3.05) is 0 Å². The number of nitrogens with one attached hydrogen (secondary N) is 1. The second kappa shape index (κ2) is 5.22. The van der Waals surface area contributed by atoms with Gasteiger partial charge in [0.15, 0.2) is 0 Å². The molecule has 0 unspecified atom stereocenters. The highest BCUT2D eigenvalue weighted by molar-refractivity contribution is 7.09. The molecule has 1 heterocycles. The normalized spacial score (nSPS) is 10.4. The fraction of sp³-hybridized carbons (Fsp3) is 0.167. The number of aryl methyl sites for hydroxylation is 1. The summed E-state index contributed by atoms with van der Waals surface area (Å²) in [5.74, 6) is -2.17. The summed E-state index contributed by atoms with van der Waals surface area (Å²) in [6.07, 6.45) is 0. The lowest BCUT2D eigenvalue weighted by molar-refractivity contribution is 0.0946. The highest BCUT2D eigenvalue weighted by atomic mass is 32.1. The maximum Gasteiger partial charge on any atom is 0.254 e. The zero-order valence-corrected chi connectivity index (χ0v) is 10.4. The monoisotopic (exact) mass is 268 g/mol. The molecule has 3 nitrogen and oxygen atoms in total. The molecule has 94 valence electrons. The smallest absolute Gasteiger partial charge is 0.254 e. The highest BCUT2D eigenvalue weighted by Crippen LogP contribution is 2.11. The first kappa shape index (κ1) is 12.6. The fourth-order valence-corrected chi connectivity index (χ4v) is 2.04. The quantitative estimate of drug-likeness (QED) is 0.929. The van der Waals surface area contributed by atoms with Crippen molar-refractivity contribution in [3.8, 4) is 0 Å². The number of carbonyl (C=O) groups excluding carboxylic acids is 1. The zero-order chi connectivity index (χ0) is 13.1. The van der Waals surface area contributed by atoms with Gasteiger partial charge in [-0.25, -0.2) is 13.8 Å². The predicted octanol–water partition coefficient (Wildman–Crippen LogP) is 2.66. The number of aromatic nitrogens is 1. The van der Waals surface area contributed by atoms with Crippen molar-refractivity contribution in [3.05, 3.63) is 51.5 Å². The van der Waals surface area contributed by atoms with Crippen LogP contribution in [0.2, 0.25) is 0 Å². The van der Waals surface area contributed by atoms with Crippen LogP contribution in [0, 0.1) is 18.6 Å². The lowest BCUT2D eigenvalue weighted by Crippen LogP contribution is -2.24. The minimum Gasteiger partial charge on any atom is -0.346 e. The van der Waals surface area contributed by atoms with Gasteiger partial charge in [-0.05, 0) is 19.1 Å². The van der Waals surface area contributed by atoms with Gasteiger partial charge in [0, 0.05) is 11.4 Å². The van der Waals surface area contributed by atoms with Gasteiger partial charge in [-0.2, -0.15) is 0 Å². The molecule has 2 aromatic rings. The summed E-state index contributed by atoms with van der Waals surface area (Å²) in [7, 11) is 0. The molecule has 0 aliphatic carbocycles. The van der Waals surface area contributed by atoms with Crippen molar-refractivity contribution in [3.63, 3.8) is 0 Å². The molecule has 1 amide bonds. The third-order valence-electron chi connectivity index (χ3n) is 2.27. The average molecular weight is 268 g/mol. The second-order valence-corrected chi connectivity index (χ2v) is 4.73. The van der Waals surface area contributed by atoms with Crippen molar-refractivity contribution in [1.29, 1.82) is 0 Å². The third-order valence-corrected chi connectivity index (χ3v) is 3.09. The molecule has 0 atom stereocenters. The molecule has 1 aromatic carbocycles. The second-order valence-electron chi connectivity index (χ2n) is 3.66. The van der Waals surface area contributed by atoms with E-state index in [0.29, 0.717) is 11.8 Å². The molecule has 1 aromatic heterocycles. The van der Waals surface area contributed by atoms with E-state index in [9.17, 15) is 13.6 Å². The SMILES string of the molecule is Cc1nc(CNC(=O)c2ccc(F)cc2F)cs1. The minimum absolute atomic E-state index is 0.177. The number of nitrogens with zero attached hydrogens (tertiary/aromatic N) is 1. The van der Waals surface area contributed by atoms with Gasteiger partial charge in [0.05, 0.1) is 22.8 Å². The van der Waals surface area contributed by atoms with Crippen LogP contribution in [0.3, 0.4) is 0 Å². The molecule has 1 N–H and O–H groups in total. The van der Waals surface area contributed by atoms with Gasteiger partial charge in [-0.3, -0.25) is 4.79 Å². The summed E-state index contributed by atoms with van der Waals surface area (Å²) in [5.41, 5.74) is 0.539. The van der Waals surface area contributed by atoms with Crippen molar-refractivity contribution in [1.82, 2.24) is 10.3 Å². The largest absolute Gasteiger partial charge is 0.346 e. The Morgan fingerprint density at radius 1 is 1.44 bits per heavy atom. The summed E-state index contributed by atoms with van der Waals surface area (Å²) in [4.78, 5) is 15.8. The van der Waals surface area contributed by atoms with E-state index in [1.807, 2.05) is 12.3 Å². The van der Waals surface area contributed by atoms with Crippen LogP contribution < -0.4 is 5.32 Å². The van der Waals surface area contributed by atoms with E-state index in [2.05, 4.69) is 10.3 Å². The summed E-state index contributed by atoms with van der Waals surface area (Å²) in [5, 5.41) is 5.24. The Kier molecular flexibility index (Phi) is 3.66. The summed E-state index contributed by atoms with van der Waals surface area (Å²) < 4.78 is 26.0. The maximum absolute atomic E-state index is 13.3. The first-order valence-corrected chi connectivity index (χ1v) is 6.08. The van der Waals surface area contributed by atoms with Gasteiger partial charge >= 0.3 is 0 Å². The van der Waals surface area contributed by atoms with Crippen molar-refractivity contribution >= 4 is 17.2 Å². The molecule has 0 spiro atoms. The number of hydrogen-bond acceptors (Lipinski definition) is 3. The van der Waals surface area contributed by atoms with Crippen molar-refractivity contribution < 1.29 is 13.6 Å². The lowest BCUT2D eigenvalue weighted by atomic mass is 10.2. The molecular formula is C12H10F2N2OS. The first-order chi connectivity index (χ1) is 8.56. The molecule has 0 saturated carbocycles. The van der Waals surface area contributed by atoms with Crippen LogP contribution in [0.15, 0.2) is 23.6 Å². The zero-order valence-electron chi connectivity index (χ0n) is 9.54. The third kappa shape index (κ3) is 2.89. The first-order valence-electron chi connectivity index (χ1n) is 5.20. The Morgan fingerprint density at radius 3 is 2.83 bits per heavy atom. The van der Waals surface area contributed by atoms with E-state index >= 15 is 0 Å². The Labute approximate surface area is 106 Å². The average Bonchev–Trinajstić information content (AvgIpc) is 2.72. The Balaban J connectivity index is 2.03. The van der Waals surface area contributed by atoms with E-state index in [0.717, 1.165) is 17.1 Å². The van der Waals surface area contributed by atoms with Gasteiger partial charge in [0.25, 0.3) is 5.91 Å². The molecular weight excluding hydrogens is 258 g/mol. The van der Waals surface area contributed by atoms with Gasteiger partial charge in [0.1, 0.15) is 11.6 Å². The Morgan fingerprint density at radius 2 is 2.22 bits per heavy atom. The summed E-state index contributed by atoms with van der Waals surface area (Å²) in [6.45, 7) is 2.08. The molecule has 18 heavy (non-hydrogen) atoms. The van der Waals surface area contributed by atoms with Crippen LogP contribution in [-0.2, 0) is 6.54 Å². The van der Waals surface area contributed by atoms with Crippen LogP contribution in [0.4, 0.5) is 8.78 Å². The molecule has 2 rings (SSSR count). The maximum atomic E-state index is 13.3. The number of thiazole rings is 1. The molecule has 0 bridgehead atoms. The summed E-state index contributed by atoms with van der Waals surface area (Å²) in [6, 6.07) is 2.85. The number of rotatable bonds is 3. The van der Waals surface area contributed by atoms with E-state index in [1.54, 1.807) is 0 Å². The number of halogens is 2. The molecule has 6 heteroatoms. The number of carbonyl (C=O) groups is 1. The van der Waals surface area contributed by atoms with E-state index < -0.39 is 17.5 Å². The number of amides is 1. The van der Waals surface area contributed by atoms with Crippen LogP contribution in [-0.4, -0.2) is 10.9 Å². The fourth-order valence-electron chi connectivity index (χ4n) is 1.43. The molecule has 0 aliphatic heterocycles. The predicted molar refractivity (Wildman–Crippen MR) is 64.4 cm³/mol. The minimum atomic E-state index is -0.873. The van der Waals surface area contributed by atoms with Gasteiger partial charge in [0.2, 0.25) is 0 Å². The van der Waals surface area contributed by atoms with Crippen LogP contribution in [0.25, 0.3) is 0 Å². The van der Waals surface area contributed by atoms with Crippen LogP contribution in [0.1, 0.15) is 21.1 Å².